The second kappa shape index (κ2) is 7.73. The molecule has 1 fully saturated rings. The number of carbonyl (C=O) groups is 1. The highest BCUT2D eigenvalue weighted by Crippen LogP contribution is 2.36. The third-order valence-corrected chi connectivity index (χ3v) is 5.80. The molecule has 1 aliphatic heterocycles. The van der Waals surface area contributed by atoms with Crippen molar-refractivity contribution in [2.24, 2.45) is 0 Å². The molecule has 3 rings (SSSR count). The first-order valence-corrected chi connectivity index (χ1v) is 9.50. The summed E-state index contributed by atoms with van der Waals surface area (Å²) in [6, 6.07) is 5.53. The van der Waals surface area contributed by atoms with Gasteiger partial charge in [0.25, 0.3) is 0 Å². The zero-order valence-corrected chi connectivity index (χ0v) is 16.9. The van der Waals surface area contributed by atoms with Crippen molar-refractivity contribution in [3.8, 4) is 0 Å². The van der Waals surface area contributed by atoms with Gasteiger partial charge in [-0.05, 0) is 41.9 Å². The third kappa shape index (κ3) is 3.87. The summed E-state index contributed by atoms with van der Waals surface area (Å²) in [5, 5.41) is 3.61. The molecule has 152 valence electrons. The number of carbonyl (C=O) groups excluding carboxylic acids is 1. The van der Waals surface area contributed by atoms with Crippen LogP contribution in [0.1, 0.15) is 24.4 Å². The number of nitrogens with zero attached hydrogens (tertiary/aromatic N) is 4. The van der Waals surface area contributed by atoms with Gasteiger partial charge in [-0.1, -0.05) is 12.1 Å². The Kier molecular flexibility index (Phi) is 5.69. The van der Waals surface area contributed by atoms with Gasteiger partial charge in [-0.3, -0.25) is 9.48 Å². The summed E-state index contributed by atoms with van der Waals surface area (Å²) < 4.78 is 54.0. The van der Waals surface area contributed by atoms with Crippen molar-refractivity contribution in [1.29, 1.82) is 0 Å². The van der Waals surface area contributed by atoms with Crippen molar-refractivity contribution in [2.75, 3.05) is 31.1 Å². The summed E-state index contributed by atoms with van der Waals surface area (Å²) >= 11 is 2.92. The van der Waals surface area contributed by atoms with Gasteiger partial charge >= 0.3 is 6.18 Å². The molecule has 5 nitrogen and oxygen atoms in total. The van der Waals surface area contributed by atoms with Gasteiger partial charge in [-0.15, -0.1) is 0 Å². The fourth-order valence-electron chi connectivity index (χ4n) is 3.30. The van der Waals surface area contributed by atoms with E-state index in [9.17, 15) is 22.4 Å². The van der Waals surface area contributed by atoms with Crippen molar-refractivity contribution in [3.05, 3.63) is 45.9 Å². The minimum atomic E-state index is -4.61. The summed E-state index contributed by atoms with van der Waals surface area (Å²) in [5.74, 6) is -0.646. The van der Waals surface area contributed by atoms with Crippen LogP contribution in [-0.2, 0) is 11.0 Å². The predicted octanol–water partition coefficient (Wildman–Crippen LogP) is 4.02. The summed E-state index contributed by atoms with van der Waals surface area (Å²) in [5.41, 5.74) is -0.337. The first kappa shape index (κ1) is 20.6. The number of hydrogen-bond acceptors (Lipinski definition) is 3. The lowest BCUT2D eigenvalue weighted by atomic mass is 10.2. The van der Waals surface area contributed by atoms with Crippen LogP contribution in [0.15, 0.2) is 28.7 Å². The van der Waals surface area contributed by atoms with Crippen molar-refractivity contribution in [3.63, 3.8) is 0 Å². The number of alkyl halides is 3. The van der Waals surface area contributed by atoms with Crippen molar-refractivity contribution < 1.29 is 22.4 Å². The van der Waals surface area contributed by atoms with Gasteiger partial charge in [0.2, 0.25) is 5.91 Å². The zero-order chi connectivity index (χ0) is 20.6. The van der Waals surface area contributed by atoms with E-state index < -0.39 is 17.9 Å². The Morgan fingerprint density at radius 1 is 1.18 bits per heavy atom. The number of amides is 1. The van der Waals surface area contributed by atoms with E-state index in [-0.39, 0.29) is 21.9 Å². The number of anilines is 1. The minimum Gasteiger partial charge on any atom is -0.366 e. The first-order chi connectivity index (χ1) is 13.1. The van der Waals surface area contributed by atoms with E-state index in [4.69, 9.17) is 0 Å². The van der Waals surface area contributed by atoms with Gasteiger partial charge in [-0.25, -0.2) is 4.39 Å². The second-order valence-electron chi connectivity index (χ2n) is 6.63. The molecule has 1 aromatic carbocycles. The highest BCUT2D eigenvalue weighted by molar-refractivity contribution is 9.10. The van der Waals surface area contributed by atoms with Gasteiger partial charge in [0.1, 0.15) is 11.9 Å². The molecule has 10 heteroatoms. The summed E-state index contributed by atoms with van der Waals surface area (Å²) in [7, 11) is 0. The molecule has 1 atom stereocenters. The molecule has 2 heterocycles. The lowest BCUT2D eigenvalue weighted by molar-refractivity contribution is -0.143. The number of halogens is 5. The Morgan fingerprint density at radius 3 is 2.32 bits per heavy atom. The molecular formula is C18H19BrF4N4O. The predicted molar refractivity (Wildman–Crippen MR) is 99.6 cm³/mol. The number of hydrogen-bond donors (Lipinski definition) is 0. The number of rotatable bonds is 3. The fraction of sp³-hybridized carbons (Fsp3) is 0.444. The molecule has 0 N–H and O–H groups in total. The van der Waals surface area contributed by atoms with Crippen LogP contribution in [0.25, 0.3) is 0 Å². The Hall–Kier alpha value is -2.10. The van der Waals surface area contributed by atoms with Crippen LogP contribution >= 0.6 is 15.9 Å². The van der Waals surface area contributed by atoms with E-state index in [0.717, 1.165) is 4.68 Å². The van der Waals surface area contributed by atoms with E-state index in [1.165, 1.54) is 19.9 Å². The zero-order valence-electron chi connectivity index (χ0n) is 15.3. The molecule has 2 aromatic rings. The van der Waals surface area contributed by atoms with Crippen LogP contribution in [0, 0.1) is 12.7 Å². The smallest absolute Gasteiger partial charge is 0.366 e. The quantitative estimate of drug-likeness (QED) is 0.646. The number of piperazine rings is 1. The second-order valence-corrected chi connectivity index (χ2v) is 7.42. The molecule has 1 unspecified atom stereocenters. The fourth-order valence-corrected chi connectivity index (χ4v) is 3.79. The van der Waals surface area contributed by atoms with E-state index in [2.05, 4.69) is 21.0 Å². The standard InChI is InChI=1S/C18H19BrF4N4O/c1-11-15(19)16(18(21,22)23)24-27(11)12(2)17(28)26-9-7-25(8-10-26)14-6-4-3-5-13(14)20/h3-6,12H,7-10H2,1-2H3. The molecule has 0 aliphatic carbocycles. The van der Waals surface area contributed by atoms with E-state index in [0.29, 0.717) is 31.9 Å². The highest BCUT2D eigenvalue weighted by atomic mass is 79.9. The molecule has 0 saturated carbocycles. The summed E-state index contributed by atoms with van der Waals surface area (Å²) in [6.45, 7) is 4.59. The molecule has 1 aromatic heterocycles. The van der Waals surface area contributed by atoms with Crippen LogP contribution in [0.3, 0.4) is 0 Å². The average molecular weight is 463 g/mol. The lowest BCUT2D eigenvalue weighted by Crippen LogP contribution is -2.50. The van der Waals surface area contributed by atoms with E-state index in [1.54, 1.807) is 23.1 Å². The normalized spacial score (nSPS) is 16.4. The van der Waals surface area contributed by atoms with Crippen LogP contribution in [0.2, 0.25) is 0 Å². The molecule has 1 amide bonds. The topological polar surface area (TPSA) is 41.4 Å². The highest BCUT2D eigenvalue weighted by Gasteiger charge is 2.39. The Bertz CT molecular complexity index is 875. The van der Waals surface area contributed by atoms with Crippen LogP contribution in [0.5, 0.6) is 0 Å². The molecule has 1 saturated heterocycles. The van der Waals surface area contributed by atoms with Crippen molar-refractivity contribution in [2.45, 2.75) is 26.1 Å². The van der Waals surface area contributed by atoms with Gasteiger partial charge in [0.05, 0.1) is 15.9 Å². The van der Waals surface area contributed by atoms with Gasteiger partial charge in [0.15, 0.2) is 5.69 Å². The molecular weight excluding hydrogens is 444 g/mol. The van der Waals surface area contributed by atoms with Gasteiger partial charge in [-0.2, -0.15) is 18.3 Å². The summed E-state index contributed by atoms with van der Waals surface area (Å²) in [6.07, 6.45) is -4.61. The van der Waals surface area contributed by atoms with E-state index >= 15 is 0 Å². The third-order valence-electron chi connectivity index (χ3n) is 4.85. The number of para-hydroxylation sites is 1. The Morgan fingerprint density at radius 2 is 1.79 bits per heavy atom. The van der Waals surface area contributed by atoms with Gasteiger partial charge in [0, 0.05) is 26.2 Å². The maximum Gasteiger partial charge on any atom is 0.436 e. The maximum absolute atomic E-state index is 13.9. The number of aromatic nitrogens is 2. The molecule has 28 heavy (non-hydrogen) atoms. The monoisotopic (exact) mass is 462 g/mol. The largest absolute Gasteiger partial charge is 0.436 e. The van der Waals surface area contributed by atoms with Gasteiger partial charge < -0.3 is 9.80 Å². The van der Waals surface area contributed by atoms with Crippen molar-refractivity contribution in [1.82, 2.24) is 14.7 Å². The van der Waals surface area contributed by atoms with Crippen LogP contribution < -0.4 is 4.90 Å². The Balaban J connectivity index is 1.71. The number of benzene rings is 1. The first-order valence-electron chi connectivity index (χ1n) is 8.71. The lowest BCUT2D eigenvalue weighted by Gasteiger charge is -2.37. The minimum absolute atomic E-state index is 0.163. The molecule has 0 bridgehead atoms. The maximum atomic E-state index is 13.9. The SMILES string of the molecule is Cc1c(Br)c(C(F)(F)F)nn1C(C)C(=O)N1CCN(c2ccccc2F)CC1. The van der Waals surface area contributed by atoms with Crippen molar-refractivity contribution >= 4 is 27.5 Å². The van der Waals surface area contributed by atoms with Crippen LogP contribution in [-0.4, -0.2) is 46.8 Å². The molecule has 1 aliphatic rings. The summed E-state index contributed by atoms with van der Waals surface area (Å²) in [4.78, 5) is 16.2. The van der Waals surface area contributed by atoms with E-state index in [1.807, 2.05) is 4.90 Å². The molecule has 0 spiro atoms. The van der Waals surface area contributed by atoms with Crippen LogP contribution in [0.4, 0.5) is 23.2 Å². The Labute approximate surface area is 168 Å². The molecule has 0 radical (unpaired) electrons. The average Bonchev–Trinajstić information content (AvgIpc) is 2.96.